The number of nitrogens with one attached hydrogen (secondary N) is 1. The highest BCUT2D eigenvalue weighted by Crippen LogP contribution is 2.14. The van der Waals surface area contributed by atoms with Crippen molar-refractivity contribution in [1.29, 1.82) is 0 Å². The van der Waals surface area contributed by atoms with Gasteiger partial charge in [0.05, 0.1) is 11.4 Å². The first-order valence-corrected chi connectivity index (χ1v) is 7.40. The lowest BCUT2D eigenvalue weighted by Gasteiger charge is -2.13. The van der Waals surface area contributed by atoms with E-state index in [-0.39, 0.29) is 17.5 Å². The third-order valence-electron chi connectivity index (χ3n) is 2.26. The summed E-state index contributed by atoms with van der Waals surface area (Å²) >= 11 is 0. The van der Waals surface area contributed by atoms with Crippen molar-refractivity contribution in [2.24, 2.45) is 0 Å². The van der Waals surface area contributed by atoms with Crippen LogP contribution in [-0.4, -0.2) is 36.6 Å². The van der Waals surface area contributed by atoms with Gasteiger partial charge in [0.25, 0.3) is 0 Å². The number of aromatic hydroxyl groups is 1. The Kier molecular flexibility index (Phi) is 4.47. The second-order valence-corrected chi connectivity index (χ2v) is 6.48. The maximum Gasteiger partial charge on any atom is 0.148 e. The average Bonchev–Trinajstić information content (AvgIpc) is 2.17. The third-order valence-corrected chi connectivity index (χ3v) is 3.37. The Morgan fingerprint density at radius 3 is 2.71 bits per heavy atom. The molecule has 96 valence electrons. The number of aromatic nitrogens is 1. The third kappa shape index (κ3) is 5.14. The minimum Gasteiger partial charge on any atom is -0.506 e. The van der Waals surface area contributed by atoms with E-state index in [0.29, 0.717) is 12.2 Å². The summed E-state index contributed by atoms with van der Waals surface area (Å²) in [4.78, 5) is 4.18. The van der Waals surface area contributed by atoms with Crippen molar-refractivity contribution in [1.82, 2.24) is 10.3 Å². The normalized spacial score (nSPS) is 13.6. The zero-order valence-electron chi connectivity index (χ0n) is 10.3. The molecule has 0 saturated carbocycles. The Bertz CT molecular complexity index is 485. The van der Waals surface area contributed by atoms with Crippen molar-refractivity contribution in [2.75, 3.05) is 12.0 Å². The lowest BCUT2D eigenvalue weighted by molar-refractivity contribution is 0.455. The van der Waals surface area contributed by atoms with Gasteiger partial charge in [-0.15, -0.1) is 0 Å². The lowest BCUT2D eigenvalue weighted by Crippen LogP contribution is -2.32. The summed E-state index contributed by atoms with van der Waals surface area (Å²) in [5.74, 6) is 0.189. The van der Waals surface area contributed by atoms with Crippen LogP contribution in [0.4, 0.5) is 0 Å². The van der Waals surface area contributed by atoms with Crippen LogP contribution in [0.2, 0.25) is 0 Å². The molecule has 0 aromatic carbocycles. The first kappa shape index (κ1) is 13.9. The SMILES string of the molecule is Cc1ccc(O)c(CNC(C)CS(C)(=O)=O)n1. The summed E-state index contributed by atoms with van der Waals surface area (Å²) in [5, 5.41) is 12.6. The summed E-state index contributed by atoms with van der Waals surface area (Å²) in [6.45, 7) is 3.97. The summed E-state index contributed by atoms with van der Waals surface area (Å²) in [5.41, 5.74) is 1.35. The maximum atomic E-state index is 11.1. The van der Waals surface area contributed by atoms with Crippen LogP contribution in [0.5, 0.6) is 5.75 Å². The quantitative estimate of drug-likeness (QED) is 0.809. The highest BCUT2D eigenvalue weighted by molar-refractivity contribution is 7.90. The number of hydrogen-bond donors (Lipinski definition) is 2. The molecular weight excluding hydrogens is 240 g/mol. The van der Waals surface area contributed by atoms with Crippen LogP contribution in [0, 0.1) is 6.92 Å². The lowest BCUT2D eigenvalue weighted by atomic mass is 10.2. The zero-order valence-corrected chi connectivity index (χ0v) is 11.1. The van der Waals surface area contributed by atoms with Crippen LogP contribution in [0.3, 0.4) is 0 Å². The van der Waals surface area contributed by atoms with Gasteiger partial charge in [0.15, 0.2) is 0 Å². The molecule has 1 aromatic rings. The van der Waals surface area contributed by atoms with Gasteiger partial charge in [0.2, 0.25) is 0 Å². The topological polar surface area (TPSA) is 79.3 Å². The molecule has 6 heteroatoms. The van der Waals surface area contributed by atoms with Gasteiger partial charge in [0, 0.05) is 24.5 Å². The molecule has 0 aliphatic rings. The second kappa shape index (κ2) is 5.46. The first-order chi connectivity index (χ1) is 7.78. The largest absolute Gasteiger partial charge is 0.506 e. The Hall–Kier alpha value is -1.14. The van der Waals surface area contributed by atoms with E-state index in [4.69, 9.17) is 0 Å². The van der Waals surface area contributed by atoms with Crippen LogP contribution in [-0.2, 0) is 16.4 Å². The van der Waals surface area contributed by atoms with E-state index in [9.17, 15) is 13.5 Å². The first-order valence-electron chi connectivity index (χ1n) is 5.34. The van der Waals surface area contributed by atoms with E-state index < -0.39 is 9.84 Å². The molecule has 0 bridgehead atoms. The summed E-state index contributed by atoms with van der Waals surface area (Å²) in [7, 11) is -2.99. The molecule has 0 fully saturated rings. The van der Waals surface area contributed by atoms with Crippen LogP contribution in [0.1, 0.15) is 18.3 Å². The molecule has 17 heavy (non-hydrogen) atoms. The van der Waals surface area contributed by atoms with E-state index in [1.54, 1.807) is 19.1 Å². The van der Waals surface area contributed by atoms with Gasteiger partial charge >= 0.3 is 0 Å². The molecule has 0 aliphatic carbocycles. The number of nitrogens with zero attached hydrogens (tertiary/aromatic N) is 1. The Morgan fingerprint density at radius 2 is 2.12 bits per heavy atom. The van der Waals surface area contributed by atoms with Crippen molar-refractivity contribution in [3.05, 3.63) is 23.5 Å². The van der Waals surface area contributed by atoms with Crippen molar-refractivity contribution in [3.8, 4) is 5.75 Å². The predicted molar refractivity (Wildman–Crippen MR) is 66.7 cm³/mol. The molecule has 0 aliphatic heterocycles. The minimum absolute atomic E-state index is 0.0690. The Labute approximate surface area is 102 Å². The fourth-order valence-electron chi connectivity index (χ4n) is 1.52. The molecule has 1 rings (SSSR count). The monoisotopic (exact) mass is 258 g/mol. The molecule has 0 spiro atoms. The van der Waals surface area contributed by atoms with Gasteiger partial charge in [-0.05, 0) is 26.0 Å². The van der Waals surface area contributed by atoms with Crippen LogP contribution in [0.15, 0.2) is 12.1 Å². The van der Waals surface area contributed by atoms with Gasteiger partial charge in [0.1, 0.15) is 15.6 Å². The van der Waals surface area contributed by atoms with Gasteiger partial charge in [-0.3, -0.25) is 4.98 Å². The maximum absolute atomic E-state index is 11.1. The molecule has 2 N–H and O–H groups in total. The number of aryl methyl sites for hydroxylation is 1. The molecule has 0 radical (unpaired) electrons. The Balaban J connectivity index is 2.58. The van der Waals surface area contributed by atoms with E-state index in [1.165, 1.54) is 6.26 Å². The van der Waals surface area contributed by atoms with Gasteiger partial charge in [-0.1, -0.05) is 0 Å². The second-order valence-electron chi connectivity index (χ2n) is 4.29. The number of pyridine rings is 1. The van der Waals surface area contributed by atoms with Gasteiger partial charge < -0.3 is 10.4 Å². The molecular formula is C11H18N2O3S. The number of hydrogen-bond acceptors (Lipinski definition) is 5. The van der Waals surface area contributed by atoms with E-state index in [2.05, 4.69) is 10.3 Å². The van der Waals surface area contributed by atoms with Crippen molar-refractivity contribution >= 4 is 9.84 Å². The van der Waals surface area contributed by atoms with E-state index in [0.717, 1.165) is 5.69 Å². The minimum atomic E-state index is -2.99. The standard InChI is InChI=1S/C11H18N2O3S/c1-8-4-5-11(14)10(13-8)6-12-9(2)7-17(3,15)16/h4-5,9,12,14H,6-7H2,1-3H3. The summed E-state index contributed by atoms with van der Waals surface area (Å²) < 4.78 is 22.1. The van der Waals surface area contributed by atoms with E-state index >= 15 is 0 Å². The van der Waals surface area contributed by atoms with Crippen molar-refractivity contribution in [2.45, 2.75) is 26.4 Å². The molecule has 1 atom stereocenters. The fraction of sp³-hybridized carbons (Fsp3) is 0.545. The summed E-state index contributed by atoms with van der Waals surface area (Å²) in [6, 6.07) is 3.13. The van der Waals surface area contributed by atoms with Crippen molar-refractivity contribution < 1.29 is 13.5 Å². The van der Waals surface area contributed by atoms with Crippen molar-refractivity contribution in [3.63, 3.8) is 0 Å². The van der Waals surface area contributed by atoms with E-state index in [1.807, 2.05) is 6.92 Å². The molecule has 0 saturated heterocycles. The summed E-state index contributed by atoms with van der Waals surface area (Å²) in [6.07, 6.45) is 1.20. The molecule has 1 heterocycles. The highest BCUT2D eigenvalue weighted by atomic mass is 32.2. The van der Waals surface area contributed by atoms with Crippen LogP contribution in [0.25, 0.3) is 0 Å². The van der Waals surface area contributed by atoms with Crippen LogP contribution >= 0.6 is 0 Å². The number of sulfone groups is 1. The molecule has 5 nitrogen and oxygen atoms in total. The molecule has 1 unspecified atom stereocenters. The number of rotatable bonds is 5. The highest BCUT2D eigenvalue weighted by Gasteiger charge is 2.11. The predicted octanol–water partition coefficient (Wildman–Crippen LogP) is 0.618. The van der Waals surface area contributed by atoms with Gasteiger partial charge in [-0.25, -0.2) is 8.42 Å². The smallest absolute Gasteiger partial charge is 0.148 e. The van der Waals surface area contributed by atoms with Crippen LogP contribution < -0.4 is 5.32 Å². The molecule has 1 aromatic heterocycles. The Morgan fingerprint density at radius 1 is 1.47 bits per heavy atom. The average molecular weight is 258 g/mol. The fourth-order valence-corrected chi connectivity index (χ4v) is 2.54. The zero-order chi connectivity index (χ0) is 13.1. The molecule has 0 amide bonds. The van der Waals surface area contributed by atoms with Gasteiger partial charge in [-0.2, -0.15) is 0 Å².